The van der Waals surface area contributed by atoms with Crippen LogP contribution in [0.1, 0.15) is 26.5 Å². The zero-order chi connectivity index (χ0) is 11.9. The lowest BCUT2D eigenvalue weighted by molar-refractivity contribution is 0.570. The van der Waals surface area contributed by atoms with E-state index in [2.05, 4.69) is 9.97 Å². The molecule has 16 heavy (non-hydrogen) atoms. The molecule has 0 atom stereocenters. The number of hydrogen-bond acceptors (Lipinski definition) is 2. The SMILES string of the molecule is CC(C)(C)c1[nH]c(=O)nc2c(F)cccc12. The Morgan fingerprint density at radius 3 is 2.62 bits per heavy atom. The molecule has 4 heteroatoms. The Labute approximate surface area is 92.3 Å². The Bertz CT molecular complexity index is 596. The van der Waals surface area contributed by atoms with E-state index < -0.39 is 11.5 Å². The van der Waals surface area contributed by atoms with Crippen LogP contribution in [0.3, 0.4) is 0 Å². The van der Waals surface area contributed by atoms with Gasteiger partial charge >= 0.3 is 5.69 Å². The summed E-state index contributed by atoms with van der Waals surface area (Å²) in [7, 11) is 0. The normalized spacial score (nSPS) is 12.0. The van der Waals surface area contributed by atoms with E-state index in [1.807, 2.05) is 20.8 Å². The number of H-pyrrole nitrogens is 1. The fraction of sp³-hybridized carbons (Fsp3) is 0.333. The molecule has 0 amide bonds. The Hall–Kier alpha value is -1.71. The summed E-state index contributed by atoms with van der Waals surface area (Å²) >= 11 is 0. The van der Waals surface area contributed by atoms with Gasteiger partial charge in [-0.15, -0.1) is 0 Å². The number of aromatic amines is 1. The van der Waals surface area contributed by atoms with E-state index in [4.69, 9.17) is 0 Å². The van der Waals surface area contributed by atoms with Crippen molar-refractivity contribution in [1.29, 1.82) is 0 Å². The molecule has 1 N–H and O–H groups in total. The summed E-state index contributed by atoms with van der Waals surface area (Å²) in [6.07, 6.45) is 0. The number of fused-ring (bicyclic) bond motifs is 1. The molecule has 0 aliphatic heterocycles. The van der Waals surface area contributed by atoms with Gasteiger partial charge in [0, 0.05) is 16.5 Å². The first-order valence-corrected chi connectivity index (χ1v) is 5.08. The van der Waals surface area contributed by atoms with Crippen LogP contribution in [0.5, 0.6) is 0 Å². The van der Waals surface area contributed by atoms with E-state index in [1.165, 1.54) is 6.07 Å². The van der Waals surface area contributed by atoms with Gasteiger partial charge in [0.05, 0.1) is 0 Å². The van der Waals surface area contributed by atoms with E-state index in [9.17, 15) is 9.18 Å². The van der Waals surface area contributed by atoms with Crippen molar-refractivity contribution in [2.24, 2.45) is 0 Å². The van der Waals surface area contributed by atoms with Gasteiger partial charge < -0.3 is 4.98 Å². The summed E-state index contributed by atoms with van der Waals surface area (Å²) in [5.41, 5.74) is 0.0782. The van der Waals surface area contributed by atoms with Crippen LogP contribution in [-0.4, -0.2) is 9.97 Å². The molecule has 0 aliphatic rings. The molecule has 84 valence electrons. The van der Waals surface area contributed by atoms with E-state index in [0.29, 0.717) is 11.1 Å². The van der Waals surface area contributed by atoms with E-state index in [0.717, 1.165) is 0 Å². The van der Waals surface area contributed by atoms with Gasteiger partial charge in [-0.25, -0.2) is 9.18 Å². The van der Waals surface area contributed by atoms with Crippen LogP contribution >= 0.6 is 0 Å². The van der Waals surface area contributed by atoms with Crippen molar-refractivity contribution in [2.45, 2.75) is 26.2 Å². The molecular weight excluding hydrogens is 207 g/mol. The van der Waals surface area contributed by atoms with Gasteiger partial charge in [-0.1, -0.05) is 32.9 Å². The zero-order valence-corrected chi connectivity index (χ0v) is 9.47. The Morgan fingerprint density at radius 2 is 2.00 bits per heavy atom. The summed E-state index contributed by atoms with van der Waals surface area (Å²) in [4.78, 5) is 17.7. The number of para-hydroxylation sites is 1. The van der Waals surface area contributed by atoms with Crippen molar-refractivity contribution in [1.82, 2.24) is 9.97 Å². The topological polar surface area (TPSA) is 45.8 Å². The van der Waals surface area contributed by atoms with Crippen LogP contribution in [0.4, 0.5) is 4.39 Å². The minimum absolute atomic E-state index is 0.135. The summed E-state index contributed by atoms with van der Waals surface area (Å²) in [6.45, 7) is 5.88. The largest absolute Gasteiger partial charge is 0.345 e. The summed E-state index contributed by atoms with van der Waals surface area (Å²) in [5.74, 6) is -0.464. The van der Waals surface area contributed by atoms with Crippen LogP contribution in [0.25, 0.3) is 10.9 Å². The second-order valence-electron chi connectivity index (χ2n) is 4.80. The molecule has 1 heterocycles. The average molecular weight is 220 g/mol. The molecule has 0 saturated carbocycles. The molecule has 1 aromatic carbocycles. The lowest BCUT2D eigenvalue weighted by atomic mass is 9.89. The van der Waals surface area contributed by atoms with Crippen molar-refractivity contribution >= 4 is 10.9 Å². The maximum absolute atomic E-state index is 13.5. The van der Waals surface area contributed by atoms with E-state index in [-0.39, 0.29) is 10.9 Å². The number of hydrogen-bond donors (Lipinski definition) is 1. The molecule has 0 bridgehead atoms. The molecule has 0 unspecified atom stereocenters. The lowest BCUT2D eigenvalue weighted by Gasteiger charge is -2.20. The summed E-state index contributed by atoms with van der Waals surface area (Å²) in [6, 6.07) is 4.69. The first kappa shape index (κ1) is 10.8. The molecule has 0 saturated heterocycles. The van der Waals surface area contributed by atoms with E-state index >= 15 is 0 Å². The Balaban J connectivity index is 2.95. The molecule has 0 radical (unpaired) electrons. The lowest BCUT2D eigenvalue weighted by Crippen LogP contribution is -2.22. The quantitative estimate of drug-likeness (QED) is 0.740. The van der Waals surface area contributed by atoms with Crippen molar-refractivity contribution in [3.63, 3.8) is 0 Å². The van der Waals surface area contributed by atoms with Gasteiger partial charge in [0.1, 0.15) is 11.3 Å². The third-order valence-electron chi connectivity index (χ3n) is 2.45. The second kappa shape index (κ2) is 3.40. The van der Waals surface area contributed by atoms with Crippen LogP contribution in [0, 0.1) is 5.82 Å². The zero-order valence-electron chi connectivity index (χ0n) is 9.47. The van der Waals surface area contributed by atoms with Gasteiger partial charge in [0.2, 0.25) is 0 Å². The molecule has 0 fully saturated rings. The molecular formula is C12H13FN2O. The standard InChI is InChI=1S/C12H13FN2O/c1-12(2,3)10-7-5-4-6-8(13)9(7)14-11(16)15-10/h4-6H,1-3H3,(H,14,15,16). The molecule has 3 nitrogen and oxygen atoms in total. The second-order valence-corrected chi connectivity index (χ2v) is 4.80. The van der Waals surface area contributed by atoms with E-state index in [1.54, 1.807) is 12.1 Å². The molecule has 0 aliphatic carbocycles. The smallest absolute Gasteiger partial charge is 0.309 e. The highest BCUT2D eigenvalue weighted by molar-refractivity contribution is 5.81. The Morgan fingerprint density at radius 1 is 1.31 bits per heavy atom. The Kier molecular flexibility index (Phi) is 2.30. The molecule has 1 aromatic heterocycles. The average Bonchev–Trinajstić information content (AvgIpc) is 2.17. The first-order valence-electron chi connectivity index (χ1n) is 5.08. The highest BCUT2D eigenvalue weighted by Gasteiger charge is 2.19. The third-order valence-corrected chi connectivity index (χ3v) is 2.45. The highest BCUT2D eigenvalue weighted by Crippen LogP contribution is 2.26. The number of aromatic nitrogens is 2. The van der Waals surface area contributed by atoms with Gasteiger partial charge in [0.15, 0.2) is 0 Å². The molecule has 0 spiro atoms. The van der Waals surface area contributed by atoms with Gasteiger partial charge in [-0.05, 0) is 6.07 Å². The third kappa shape index (κ3) is 1.71. The minimum atomic E-state index is -0.512. The minimum Gasteiger partial charge on any atom is -0.309 e. The van der Waals surface area contributed by atoms with Gasteiger partial charge in [0.25, 0.3) is 0 Å². The fourth-order valence-electron chi connectivity index (χ4n) is 1.73. The predicted octanol–water partition coefficient (Wildman–Crippen LogP) is 2.36. The summed E-state index contributed by atoms with van der Waals surface area (Å²) in [5, 5.41) is 0.659. The van der Waals surface area contributed by atoms with Crippen molar-refractivity contribution in [3.8, 4) is 0 Å². The molecule has 2 rings (SSSR count). The number of halogens is 1. The predicted molar refractivity (Wildman–Crippen MR) is 61.0 cm³/mol. The number of benzene rings is 1. The first-order chi connectivity index (χ1) is 7.39. The highest BCUT2D eigenvalue weighted by atomic mass is 19.1. The maximum atomic E-state index is 13.5. The van der Waals surface area contributed by atoms with Crippen LogP contribution in [0.2, 0.25) is 0 Å². The van der Waals surface area contributed by atoms with Crippen molar-refractivity contribution in [2.75, 3.05) is 0 Å². The van der Waals surface area contributed by atoms with Gasteiger partial charge in [-0.3, -0.25) is 0 Å². The molecule has 2 aromatic rings. The fourth-order valence-corrected chi connectivity index (χ4v) is 1.73. The van der Waals surface area contributed by atoms with Crippen molar-refractivity contribution < 1.29 is 4.39 Å². The van der Waals surface area contributed by atoms with Crippen molar-refractivity contribution in [3.05, 3.63) is 40.2 Å². The summed E-state index contributed by atoms with van der Waals surface area (Å²) < 4.78 is 13.5. The number of nitrogens with zero attached hydrogens (tertiary/aromatic N) is 1. The monoisotopic (exact) mass is 220 g/mol. The number of nitrogens with one attached hydrogen (secondary N) is 1. The van der Waals surface area contributed by atoms with Crippen LogP contribution < -0.4 is 5.69 Å². The number of rotatable bonds is 0. The maximum Gasteiger partial charge on any atom is 0.345 e. The van der Waals surface area contributed by atoms with Crippen LogP contribution in [0.15, 0.2) is 23.0 Å². The van der Waals surface area contributed by atoms with Crippen LogP contribution in [-0.2, 0) is 5.41 Å². The van der Waals surface area contributed by atoms with Gasteiger partial charge in [-0.2, -0.15) is 4.98 Å².